The van der Waals surface area contributed by atoms with Crippen LogP contribution < -0.4 is 11.1 Å². The van der Waals surface area contributed by atoms with Crippen LogP contribution in [-0.2, 0) is 6.42 Å². The zero-order chi connectivity index (χ0) is 14.7. The van der Waals surface area contributed by atoms with E-state index in [9.17, 15) is 0 Å². The van der Waals surface area contributed by atoms with Crippen LogP contribution in [-0.4, -0.2) is 16.0 Å². The summed E-state index contributed by atoms with van der Waals surface area (Å²) in [5, 5.41) is 7.70. The molecular weight excluding hydrogens is 286 g/mol. The summed E-state index contributed by atoms with van der Waals surface area (Å²) in [7, 11) is 0. The summed E-state index contributed by atoms with van der Waals surface area (Å²) in [6.45, 7) is 6.13. The highest BCUT2D eigenvalue weighted by Gasteiger charge is 2.14. The van der Waals surface area contributed by atoms with Crippen molar-refractivity contribution in [3.8, 4) is 0 Å². The topological polar surface area (TPSA) is 50.9 Å². The van der Waals surface area contributed by atoms with Gasteiger partial charge in [0.2, 0.25) is 0 Å². The second kappa shape index (κ2) is 6.33. The van der Waals surface area contributed by atoms with Gasteiger partial charge in [0, 0.05) is 11.7 Å². The molecule has 0 spiro atoms. The molecule has 106 valence electrons. The van der Waals surface area contributed by atoms with Crippen LogP contribution in [0.2, 0.25) is 0 Å². The molecule has 0 aliphatic rings. The van der Waals surface area contributed by atoms with Gasteiger partial charge >= 0.3 is 0 Å². The smallest absolute Gasteiger partial charge is 0.136 e. The molecule has 20 heavy (non-hydrogen) atoms. The second-order valence-electron chi connectivity index (χ2n) is 5.05. The summed E-state index contributed by atoms with van der Waals surface area (Å²) in [5.41, 5.74) is 10.0. The van der Waals surface area contributed by atoms with E-state index < -0.39 is 0 Å². The SMILES string of the molecule is Cc1cc(C)c(C(N)=S)c(NC(C)Cc2ccsc2)n1. The van der Waals surface area contributed by atoms with Crippen molar-refractivity contribution in [2.75, 3.05) is 5.32 Å². The lowest BCUT2D eigenvalue weighted by Gasteiger charge is -2.18. The van der Waals surface area contributed by atoms with Gasteiger partial charge in [-0.2, -0.15) is 11.3 Å². The number of nitrogens with two attached hydrogens (primary N) is 1. The number of pyridine rings is 1. The Morgan fingerprint density at radius 3 is 2.85 bits per heavy atom. The maximum atomic E-state index is 5.83. The van der Waals surface area contributed by atoms with Crippen LogP contribution in [0.5, 0.6) is 0 Å². The lowest BCUT2D eigenvalue weighted by Crippen LogP contribution is -2.23. The number of nitrogens with zero attached hydrogens (tertiary/aromatic N) is 1. The third kappa shape index (κ3) is 3.55. The number of hydrogen-bond donors (Lipinski definition) is 2. The van der Waals surface area contributed by atoms with Crippen LogP contribution in [0.15, 0.2) is 22.9 Å². The molecule has 0 saturated carbocycles. The molecule has 2 rings (SSSR count). The number of nitrogens with one attached hydrogen (secondary N) is 1. The molecule has 0 radical (unpaired) electrons. The van der Waals surface area contributed by atoms with Gasteiger partial charge in [-0.1, -0.05) is 12.2 Å². The number of aryl methyl sites for hydroxylation is 2. The minimum Gasteiger partial charge on any atom is -0.389 e. The van der Waals surface area contributed by atoms with E-state index >= 15 is 0 Å². The Balaban J connectivity index is 2.21. The fourth-order valence-electron chi connectivity index (χ4n) is 2.30. The van der Waals surface area contributed by atoms with Crippen LogP contribution in [0.4, 0.5) is 5.82 Å². The molecule has 1 atom stereocenters. The van der Waals surface area contributed by atoms with Crippen molar-refractivity contribution in [2.24, 2.45) is 5.73 Å². The van der Waals surface area contributed by atoms with Crippen molar-refractivity contribution in [3.63, 3.8) is 0 Å². The summed E-state index contributed by atoms with van der Waals surface area (Å²) >= 11 is 6.87. The molecule has 0 saturated heterocycles. The first-order valence-corrected chi connectivity index (χ1v) is 7.88. The maximum absolute atomic E-state index is 5.83. The molecular formula is C15H19N3S2. The van der Waals surface area contributed by atoms with Crippen LogP contribution in [0, 0.1) is 13.8 Å². The molecule has 0 amide bonds. The Labute approximate surface area is 129 Å². The molecule has 3 N–H and O–H groups in total. The van der Waals surface area contributed by atoms with E-state index in [1.807, 2.05) is 19.9 Å². The Hall–Kier alpha value is -1.46. The number of aromatic nitrogens is 1. The summed E-state index contributed by atoms with van der Waals surface area (Å²) in [4.78, 5) is 4.94. The van der Waals surface area contributed by atoms with Gasteiger partial charge in [-0.3, -0.25) is 0 Å². The van der Waals surface area contributed by atoms with Crippen molar-refractivity contribution in [1.29, 1.82) is 0 Å². The lowest BCUT2D eigenvalue weighted by atomic mass is 10.1. The van der Waals surface area contributed by atoms with Gasteiger partial charge in [-0.15, -0.1) is 0 Å². The number of hydrogen-bond acceptors (Lipinski definition) is 4. The van der Waals surface area contributed by atoms with Gasteiger partial charge in [-0.25, -0.2) is 4.98 Å². The van der Waals surface area contributed by atoms with E-state index in [4.69, 9.17) is 18.0 Å². The van der Waals surface area contributed by atoms with Gasteiger partial charge in [0.05, 0.1) is 5.56 Å². The predicted octanol–water partition coefficient (Wildman–Crippen LogP) is 3.44. The molecule has 0 bridgehead atoms. The average Bonchev–Trinajstić information content (AvgIpc) is 2.79. The highest BCUT2D eigenvalue weighted by Crippen LogP contribution is 2.20. The minimum atomic E-state index is 0.270. The highest BCUT2D eigenvalue weighted by atomic mass is 32.1. The number of thiocarbonyl (C=S) groups is 1. The number of rotatable bonds is 5. The summed E-state index contributed by atoms with van der Waals surface area (Å²) in [6.07, 6.45) is 0.953. The first-order chi connectivity index (χ1) is 9.47. The van der Waals surface area contributed by atoms with Gasteiger partial charge in [0.15, 0.2) is 0 Å². The van der Waals surface area contributed by atoms with E-state index in [1.165, 1.54) is 5.56 Å². The average molecular weight is 305 g/mol. The Kier molecular flexibility index (Phi) is 4.73. The fraction of sp³-hybridized carbons (Fsp3) is 0.333. The van der Waals surface area contributed by atoms with E-state index in [0.717, 1.165) is 29.1 Å². The highest BCUT2D eigenvalue weighted by molar-refractivity contribution is 7.80. The van der Waals surface area contributed by atoms with Crippen LogP contribution in [0.1, 0.15) is 29.3 Å². The molecule has 1 unspecified atom stereocenters. The van der Waals surface area contributed by atoms with Crippen molar-refractivity contribution in [3.05, 3.63) is 45.3 Å². The largest absolute Gasteiger partial charge is 0.389 e. The lowest BCUT2D eigenvalue weighted by molar-refractivity contribution is 0.785. The van der Waals surface area contributed by atoms with E-state index in [2.05, 4.69) is 34.1 Å². The zero-order valence-corrected chi connectivity index (χ0v) is 13.6. The van der Waals surface area contributed by atoms with Gasteiger partial charge in [0.25, 0.3) is 0 Å². The third-order valence-corrected chi connectivity index (χ3v) is 4.03. The Morgan fingerprint density at radius 1 is 1.50 bits per heavy atom. The van der Waals surface area contributed by atoms with E-state index in [-0.39, 0.29) is 6.04 Å². The molecule has 2 heterocycles. The fourth-order valence-corrected chi connectivity index (χ4v) is 3.24. The quantitative estimate of drug-likeness (QED) is 0.831. The first kappa shape index (κ1) is 14.9. The van der Waals surface area contributed by atoms with E-state index in [0.29, 0.717) is 4.99 Å². The first-order valence-electron chi connectivity index (χ1n) is 6.53. The molecule has 2 aromatic heterocycles. The molecule has 0 fully saturated rings. The monoisotopic (exact) mass is 305 g/mol. The van der Waals surface area contributed by atoms with Gasteiger partial charge in [-0.05, 0) is 61.2 Å². The number of anilines is 1. The van der Waals surface area contributed by atoms with E-state index in [1.54, 1.807) is 11.3 Å². The van der Waals surface area contributed by atoms with Crippen molar-refractivity contribution in [1.82, 2.24) is 4.98 Å². The van der Waals surface area contributed by atoms with Crippen LogP contribution >= 0.6 is 23.6 Å². The molecule has 3 nitrogen and oxygen atoms in total. The maximum Gasteiger partial charge on any atom is 0.136 e. The van der Waals surface area contributed by atoms with Crippen molar-refractivity contribution < 1.29 is 0 Å². The van der Waals surface area contributed by atoms with Crippen LogP contribution in [0.3, 0.4) is 0 Å². The standard InChI is InChI=1S/C15H19N3S2/c1-9-6-10(2)17-15(13(9)14(16)19)18-11(3)7-12-4-5-20-8-12/h4-6,8,11H,7H2,1-3H3,(H2,16,19)(H,17,18). The predicted molar refractivity (Wildman–Crippen MR) is 90.7 cm³/mol. The molecule has 5 heteroatoms. The number of thiophene rings is 1. The zero-order valence-electron chi connectivity index (χ0n) is 11.9. The molecule has 0 aromatic carbocycles. The molecule has 2 aromatic rings. The Bertz CT molecular complexity index is 606. The minimum absolute atomic E-state index is 0.270. The van der Waals surface area contributed by atoms with Crippen molar-refractivity contribution >= 4 is 34.4 Å². The van der Waals surface area contributed by atoms with Gasteiger partial charge < -0.3 is 11.1 Å². The normalized spacial score (nSPS) is 12.2. The third-order valence-electron chi connectivity index (χ3n) is 3.10. The second-order valence-corrected chi connectivity index (χ2v) is 6.27. The molecule has 0 aliphatic carbocycles. The summed E-state index contributed by atoms with van der Waals surface area (Å²) in [5.74, 6) is 0.790. The molecule has 0 aliphatic heterocycles. The Morgan fingerprint density at radius 2 is 2.25 bits per heavy atom. The van der Waals surface area contributed by atoms with Crippen molar-refractivity contribution in [2.45, 2.75) is 33.2 Å². The van der Waals surface area contributed by atoms with Crippen LogP contribution in [0.25, 0.3) is 0 Å². The summed E-state index contributed by atoms with van der Waals surface area (Å²) < 4.78 is 0. The van der Waals surface area contributed by atoms with Gasteiger partial charge in [0.1, 0.15) is 10.8 Å². The summed E-state index contributed by atoms with van der Waals surface area (Å²) in [6, 6.07) is 4.42.